The third-order valence-corrected chi connectivity index (χ3v) is 5.83. The molecule has 1 unspecified atom stereocenters. The number of hydrogen-bond donors (Lipinski definition) is 1. The summed E-state index contributed by atoms with van der Waals surface area (Å²) in [6, 6.07) is 7.61. The van der Waals surface area contributed by atoms with Gasteiger partial charge >= 0.3 is 0 Å². The van der Waals surface area contributed by atoms with Crippen LogP contribution in [0.2, 0.25) is 0 Å². The Morgan fingerprint density at radius 1 is 1.39 bits per heavy atom. The number of methoxy groups -OCH3 is 1. The van der Waals surface area contributed by atoms with Gasteiger partial charge in [0, 0.05) is 17.5 Å². The van der Waals surface area contributed by atoms with Gasteiger partial charge in [-0.15, -0.1) is 28.1 Å². The van der Waals surface area contributed by atoms with Gasteiger partial charge in [0.2, 0.25) is 5.91 Å². The van der Waals surface area contributed by atoms with Crippen LogP contribution >= 0.6 is 23.1 Å². The summed E-state index contributed by atoms with van der Waals surface area (Å²) < 4.78 is 7.15. The molecule has 3 rings (SSSR count). The van der Waals surface area contributed by atoms with E-state index >= 15 is 0 Å². The van der Waals surface area contributed by atoms with E-state index in [1.165, 1.54) is 23.1 Å². The van der Waals surface area contributed by atoms with Crippen molar-refractivity contribution in [2.24, 2.45) is 0 Å². The van der Waals surface area contributed by atoms with Gasteiger partial charge in [-0.25, -0.2) is 4.98 Å². The Labute approximate surface area is 171 Å². The van der Waals surface area contributed by atoms with E-state index in [1.807, 2.05) is 48.1 Å². The average molecular weight is 416 g/mol. The molecule has 2 aromatic heterocycles. The SMILES string of the molecule is C=CCn1c(SC(C)C(=O)Nc2nc(C)cs2)nnc1-c1ccc(OC)cc1. The van der Waals surface area contributed by atoms with Crippen LogP contribution < -0.4 is 10.1 Å². The van der Waals surface area contributed by atoms with E-state index < -0.39 is 0 Å². The van der Waals surface area contributed by atoms with Crippen molar-refractivity contribution in [2.45, 2.75) is 30.8 Å². The van der Waals surface area contributed by atoms with E-state index in [-0.39, 0.29) is 11.2 Å². The number of rotatable bonds is 8. The number of nitrogens with one attached hydrogen (secondary N) is 1. The summed E-state index contributed by atoms with van der Waals surface area (Å²) in [5.74, 6) is 1.36. The van der Waals surface area contributed by atoms with Gasteiger partial charge in [-0.1, -0.05) is 17.8 Å². The third-order valence-electron chi connectivity index (χ3n) is 3.88. The first-order chi connectivity index (χ1) is 13.5. The summed E-state index contributed by atoms with van der Waals surface area (Å²) in [6.45, 7) is 8.08. The molecule has 7 nitrogen and oxygen atoms in total. The second kappa shape index (κ2) is 9.03. The Morgan fingerprint density at radius 2 is 2.14 bits per heavy atom. The van der Waals surface area contributed by atoms with E-state index in [9.17, 15) is 4.79 Å². The molecule has 0 spiro atoms. The lowest BCUT2D eigenvalue weighted by Gasteiger charge is -2.12. The van der Waals surface area contributed by atoms with Gasteiger partial charge in [0.25, 0.3) is 0 Å². The standard InChI is InChI=1S/C19H21N5O2S2/c1-5-10-24-16(14-6-8-15(26-4)9-7-14)22-23-19(24)28-13(3)17(25)21-18-20-12(2)11-27-18/h5-9,11,13H,1,10H2,2-4H3,(H,20,21,25). The quantitative estimate of drug-likeness (QED) is 0.442. The molecular weight excluding hydrogens is 394 g/mol. The number of carbonyl (C=O) groups excluding carboxylic acids is 1. The van der Waals surface area contributed by atoms with Crippen LogP contribution in [0, 0.1) is 6.92 Å². The number of thiazole rings is 1. The fourth-order valence-electron chi connectivity index (χ4n) is 2.45. The lowest BCUT2D eigenvalue weighted by atomic mass is 10.2. The van der Waals surface area contributed by atoms with Crippen molar-refractivity contribution in [3.8, 4) is 17.1 Å². The number of thioether (sulfide) groups is 1. The molecular formula is C19H21N5O2S2. The second-order valence-corrected chi connectivity index (χ2v) is 8.14. The summed E-state index contributed by atoms with van der Waals surface area (Å²) in [4.78, 5) is 16.8. The van der Waals surface area contributed by atoms with Crippen molar-refractivity contribution >= 4 is 34.1 Å². The van der Waals surface area contributed by atoms with Gasteiger partial charge in [0.1, 0.15) is 5.75 Å². The third kappa shape index (κ3) is 4.60. The maximum atomic E-state index is 12.5. The smallest absolute Gasteiger partial charge is 0.239 e. The van der Waals surface area contributed by atoms with Crippen molar-refractivity contribution in [3.05, 3.63) is 48.0 Å². The highest BCUT2D eigenvalue weighted by Crippen LogP contribution is 2.28. The van der Waals surface area contributed by atoms with Crippen LogP contribution in [0.4, 0.5) is 5.13 Å². The first-order valence-electron chi connectivity index (χ1n) is 8.60. The van der Waals surface area contributed by atoms with Crippen molar-refractivity contribution < 1.29 is 9.53 Å². The molecule has 0 saturated heterocycles. The molecule has 2 heterocycles. The Bertz CT molecular complexity index is 965. The van der Waals surface area contributed by atoms with E-state index in [2.05, 4.69) is 27.1 Å². The molecule has 0 bridgehead atoms. The molecule has 146 valence electrons. The monoisotopic (exact) mass is 415 g/mol. The fraction of sp³-hybridized carbons (Fsp3) is 0.263. The normalized spacial score (nSPS) is 11.8. The van der Waals surface area contributed by atoms with Gasteiger partial charge in [0.15, 0.2) is 16.1 Å². The Balaban J connectivity index is 1.78. The number of ether oxygens (including phenoxy) is 1. The zero-order valence-electron chi connectivity index (χ0n) is 15.9. The number of nitrogens with zero attached hydrogens (tertiary/aromatic N) is 4. The minimum absolute atomic E-state index is 0.126. The van der Waals surface area contributed by atoms with Crippen LogP contribution in [0.1, 0.15) is 12.6 Å². The molecule has 0 aliphatic heterocycles. The van der Waals surface area contributed by atoms with E-state index in [0.29, 0.717) is 22.7 Å². The van der Waals surface area contributed by atoms with Crippen LogP contribution in [0.25, 0.3) is 11.4 Å². The summed E-state index contributed by atoms with van der Waals surface area (Å²) in [5.41, 5.74) is 1.80. The maximum Gasteiger partial charge on any atom is 0.239 e. The molecule has 0 aliphatic rings. The van der Waals surface area contributed by atoms with E-state index in [4.69, 9.17) is 4.74 Å². The molecule has 1 amide bonds. The van der Waals surface area contributed by atoms with Crippen molar-refractivity contribution in [1.82, 2.24) is 19.7 Å². The van der Waals surface area contributed by atoms with Crippen molar-refractivity contribution in [3.63, 3.8) is 0 Å². The topological polar surface area (TPSA) is 81.9 Å². The number of hydrogen-bond acceptors (Lipinski definition) is 7. The van der Waals surface area contributed by atoms with Crippen LogP contribution in [0.15, 0.2) is 47.5 Å². The van der Waals surface area contributed by atoms with Crippen LogP contribution in [0.5, 0.6) is 5.75 Å². The highest BCUT2D eigenvalue weighted by Gasteiger charge is 2.21. The number of anilines is 1. The molecule has 0 fully saturated rings. The molecule has 1 atom stereocenters. The Morgan fingerprint density at radius 3 is 2.75 bits per heavy atom. The Kier molecular flexibility index (Phi) is 6.48. The Hall–Kier alpha value is -2.65. The van der Waals surface area contributed by atoms with E-state index in [0.717, 1.165) is 17.0 Å². The summed E-state index contributed by atoms with van der Waals surface area (Å²) in [6.07, 6.45) is 1.78. The summed E-state index contributed by atoms with van der Waals surface area (Å²) >= 11 is 2.76. The first kappa shape index (κ1) is 20.1. The molecule has 1 N–H and O–H groups in total. The first-order valence-corrected chi connectivity index (χ1v) is 10.4. The highest BCUT2D eigenvalue weighted by atomic mass is 32.2. The largest absolute Gasteiger partial charge is 0.497 e. The molecule has 0 aliphatic carbocycles. The summed E-state index contributed by atoms with van der Waals surface area (Å²) in [5, 5.41) is 14.2. The molecule has 28 heavy (non-hydrogen) atoms. The van der Waals surface area contributed by atoms with E-state index in [1.54, 1.807) is 13.2 Å². The summed E-state index contributed by atoms with van der Waals surface area (Å²) in [7, 11) is 1.63. The number of carbonyl (C=O) groups is 1. The minimum Gasteiger partial charge on any atom is -0.497 e. The second-order valence-electron chi connectivity index (χ2n) is 5.98. The number of aryl methyl sites for hydroxylation is 1. The van der Waals surface area contributed by atoms with Crippen LogP contribution in [-0.4, -0.2) is 38.0 Å². The van der Waals surface area contributed by atoms with Crippen molar-refractivity contribution in [1.29, 1.82) is 0 Å². The molecule has 3 aromatic rings. The lowest BCUT2D eigenvalue weighted by Crippen LogP contribution is -2.22. The number of amides is 1. The molecule has 0 radical (unpaired) electrons. The fourth-order valence-corrected chi connectivity index (χ4v) is 4.00. The van der Waals surface area contributed by atoms with Gasteiger partial charge in [0.05, 0.1) is 18.1 Å². The van der Waals surface area contributed by atoms with Crippen LogP contribution in [-0.2, 0) is 11.3 Å². The number of aromatic nitrogens is 4. The lowest BCUT2D eigenvalue weighted by molar-refractivity contribution is -0.115. The maximum absolute atomic E-state index is 12.5. The number of allylic oxidation sites excluding steroid dienone is 1. The zero-order valence-corrected chi connectivity index (χ0v) is 17.5. The molecule has 0 saturated carbocycles. The van der Waals surface area contributed by atoms with Crippen LogP contribution in [0.3, 0.4) is 0 Å². The zero-order chi connectivity index (χ0) is 20.1. The molecule has 9 heteroatoms. The highest BCUT2D eigenvalue weighted by molar-refractivity contribution is 8.00. The predicted molar refractivity (Wildman–Crippen MR) is 113 cm³/mol. The van der Waals surface area contributed by atoms with Gasteiger partial charge in [-0.2, -0.15) is 0 Å². The molecule has 1 aromatic carbocycles. The van der Waals surface area contributed by atoms with Crippen molar-refractivity contribution in [2.75, 3.05) is 12.4 Å². The minimum atomic E-state index is -0.360. The van der Waals surface area contributed by atoms with Gasteiger partial charge < -0.3 is 10.1 Å². The number of benzene rings is 1. The van der Waals surface area contributed by atoms with Gasteiger partial charge in [-0.3, -0.25) is 9.36 Å². The van der Waals surface area contributed by atoms with Gasteiger partial charge in [-0.05, 0) is 38.1 Å². The predicted octanol–water partition coefficient (Wildman–Crippen LogP) is 4.02. The average Bonchev–Trinajstić information content (AvgIpc) is 3.28.